The minimum Gasteiger partial charge on any atom is -0.466 e. The Bertz CT molecular complexity index is 1100. The van der Waals surface area contributed by atoms with Crippen LogP contribution in [0.15, 0.2) is 57.3 Å². The number of nitro groups is 1. The zero-order valence-corrected chi connectivity index (χ0v) is 17.8. The molecule has 31 heavy (non-hydrogen) atoms. The number of hydrogen-bond acceptors (Lipinski definition) is 8. The van der Waals surface area contributed by atoms with Crippen LogP contribution in [0.4, 0.5) is 5.69 Å². The first kappa shape index (κ1) is 21.8. The minimum atomic E-state index is -0.905. The molecule has 2 heterocycles. The second-order valence-corrected chi connectivity index (χ2v) is 7.05. The van der Waals surface area contributed by atoms with Crippen molar-refractivity contribution in [1.29, 1.82) is 0 Å². The van der Waals surface area contributed by atoms with Gasteiger partial charge in [-0.15, -0.1) is 0 Å². The molecule has 1 aliphatic rings. The van der Waals surface area contributed by atoms with E-state index in [1.54, 1.807) is 45.0 Å². The molecular weight excluding hydrogens is 404 g/mol. The van der Waals surface area contributed by atoms with E-state index < -0.39 is 22.8 Å². The smallest absolute Gasteiger partial charge is 0.336 e. The third-order valence-electron chi connectivity index (χ3n) is 5.18. The summed E-state index contributed by atoms with van der Waals surface area (Å²) in [7, 11) is 2.49. The number of aryl methyl sites for hydroxylation is 1. The van der Waals surface area contributed by atoms with Gasteiger partial charge in [0.2, 0.25) is 0 Å². The molecule has 0 unspecified atom stereocenters. The lowest BCUT2D eigenvalue weighted by Gasteiger charge is -2.28. The van der Waals surface area contributed by atoms with E-state index in [9.17, 15) is 19.7 Å². The third-order valence-corrected chi connectivity index (χ3v) is 5.18. The lowest BCUT2D eigenvalue weighted by atomic mass is 9.83. The average Bonchev–Trinajstić information content (AvgIpc) is 3.21. The molecule has 0 radical (unpaired) electrons. The number of nitrogens with one attached hydrogen (secondary N) is 1. The van der Waals surface area contributed by atoms with E-state index in [4.69, 9.17) is 13.9 Å². The Morgan fingerprint density at radius 3 is 2.10 bits per heavy atom. The van der Waals surface area contributed by atoms with Gasteiger partial charge in [0, 0.05) is 17.5 Å². The zero-order valence-electron chi connectivity index (χ0n) is 17.8. The monoisotopic (exact) mass is 426 g/mol. The van der Waals surface area contributed by atoms with Crippen LogP contribution in [0, 0.1) is 17.0 Å². The van der Waals surface area contributed by atoms with E-state index in [1.807, 2.05) is 0 Å². The molecule has 1 aliphatic heterocycles. The van der Waals surface area contributed by atoms with Gasteiger partial charge in [0.1, 0.15) is 11.5 Å². The first-order valence-electron chi connectivity index (χ1n) is 9.40. The van der Waals surface area contributed by atoms with Crippen molar-refractivity contribution in [2.45, 2.75) is 26.7 Å². The summed E-state index contributed by atoms with van der Waals surface area (Å²) < 4.78 is 15.9. The maximum Gasteiger partial charge on any atom is 0.336 e. The Morgan fingerprint density at radius 1 is 1.00 bits per heavy atom. The number of ether oxygens (including phenoxy) is 2. The van der Waals surface area contributed by atoms with Crippen molar-refractivity contribution in [2.75, 3.05) is 14.2 Å². The Morgan fingerprint density at radius 2 is 1.58 bits per heavy atom. The van der Waals surface area contributed by atoms with Crippen molar-refractivity contribution < 1.29 is 28.4 Å². The second kappa shape index (κ2) is 8.47. The van der Waals surface area contributed by atoms with Crippen LogP contribution in [0.5, 0.6) is 0 Å². The quantitative estimate of drug-likeness (QED) is 0.436. The lowest BCUT2D eigenvalue weighted by molar-refractivity contribution is -0.384. The van der Waals surface area contributed by atoms with E-state index in [0.29, 0.717) is 22.5 Å². The summed E-state index contributed by atoms with van der Waals surface area (Å²) in [6.07, 6.45) is 0. The van der Waals surface area contributed by atoms with Crippen LogP contribution >= 0.6 is 0 Å². The van der Waals surface area contributed by atoms with E-state index in [1.165, 1.54) is 20.3 Å². The van der Waals surface area contributed by atoms with Crippen LogP contribution in [-0.4, -0.2) is 31.1 Å². The number of methoxy groups -OCH3 is 2. The van der Waals surface area contributed by atoms with Gasteiger partial charge in [-0.2, -0.15) is 0 Å². The summed E-state index contributed by atoms with van der Waals surface area (Å²) >= 11 is 0. The molecule has 1 N–H and O–H groups in total. The third kappa shape index (κ3) is 3.81. The van der Waals surface area contributed by atoms with Crippen LogP contribution in [0.25, 0.3) is 11.3 Å². The van der Waals surface area contributed by atoms with Gasteiger partial charge in [-0.3, -0.25) is 10.1 Å². The second-order valence-electron chi connectivity index (χ2n) is 7.05. The molecule has 9 heteroatoms. The normalized spacial score (nSPS) is 14.4. The number of rotatable bonds is 5. The molecule has 0 aliphatic carbocycles. The number of nitrogens with zero attached hydrogens (tertiary/aromatic N) is 1. The predicted octanol–water partition coefficient (Wildman–Crippen LogP) is 3.74. The Hall–Kier alpha value is -3.88. The van der Waals surface area contributed by atoms with Crippen LogP contribution in [-0.2, 0) is 19.1 Å². The van der Waals surface area contributed by atoms with E-state index >= 15 is 0 Å². The van der Waals surface area contributed by atoms with Crippen molar-refractivity contribution in [3.05, 3.63) is 74.3 Å². The van der Waals surface area contributed by atoms with Gasteiger partial charge in [0.05, 0.1) is 41.8 Å². The molecule has 0 bridgehead atoms. The summed E-state index contributed by atoms with van der Waals surface area (Å²) in [5, 5.41) is 14.5. The first-order valence-corrected chi connectivity index (χ1v) is 9.40. The van der Waals surface area contributed by atoms with Crippen LogP contribution in [0.2, 0.25) is 0 Å². The van der Waals surface area contributed by atoms with Gasteiger partial charge in [-0.05, 0) is 38.5 Å². The number of carbonyl (C=O) groups excluding carboxylic acids is 2. The molecule has 0 saturated heterocycles. The number of benzene rings is 1. The van der Waals surface area contributed by atoms with Gasteiger partial charge in [-0.25, -0.2) is 9.59 Å². The van der Waals surface area contributed by atoms with Crippen LogP contribution in [0.1, 0.15) is 31.1 Å². The standard InChI is InChI=1S/C22H22N2O7/c1-11-7-6-8-14(24(27)28)17(11)15-9-10-16(31-15)20-18(21(25)29-4)12(2)23-13(3)19(20)22(26)30-5/h6-10,20,23H,1-5H3. The zero-order chi connectivity index (χ0) is 22.9. The summed E-state index contributed by atoms with van der Waals surface area (Å²) in [5.74, 6) is -1.67. The maximum atomic E-state index is 12.6. The highest BCUT2D eigenvalue weighted by Gasteiger charge is 2.39. The Kier molecular flexibility index (Phi) is 5.96. The summed E-state index contributed by atoms with van der Waals surface area (Å²) in [6, 6.07) is 7.90. The molecule has 0 spiro atoms. The molecule has 1 aromatic heterocycles. The SMILES string of the molecule is COC(=O)C1=C(C)NC(C)=C(C(=O)OC)C1c1ccc(-c2c(C)cccc2[N+](=O)[O-])o1. The molecule has 0 fully saturated rings. The van der Waals surface area contributed by atoms with Gasteiger partial charge < -0.3 is 19.2 Å². The van der Waals surface area contributed by atoms with E-state index in [2.05, 4.69) is 5.32 Å². The predicted molar refractivity (Wildman–Crippen MR) is 111 cm³/mol. The fraction of sp³-hybridized carbons (Fsp3) is 0.273. The van der Waals surface area contributed by atoms with Crippen LogP contribution in [0.3, 0.4) is 0 Å². The molecule has 0 amide bonds. The van der Waals surface area contributed by atoms with Gasteiger partial charge in [0.25, 0.3) is 5.69 Å². The molecule has 3 rings (SSSR count). The number of dihydropyridines is 1. The molecule has 0 atom stereocenters. The highest BCUT2D eigenvalue weighted by molar-refractivity contribution is 5.99. The number of esters is 2. The lowest BCUT2D eigenvalue weighted by Crippen LogP contribution is -2.31. The van der Waals surface area contributed by atoms with Crippen molar-refractivity contribution in [3.63, 3.8) is 0 Å². The molecule has 0 saturated carbocycles. The minimum absolute atomic E-state index is 0.106. The van der Waals surface area contributed by atoms with Crippen molar-refractivity contribution in [2.24, 2.45) is 0 Å². The Labute approximate surface area is 178 Å². The number of hydrogen-bond donors (Lipinski definition) is 1. The molecular formula is C22H22N2O7. The Balaban J connectivity index is 2.22. The molecule has 2 aromatic rings. The molecule has 1 aromatic carbocycles. The largest absolute Gasteiger partial charge is 0.466 e. The van der Waals surface area contributed by atoms with E-state index in [0.717, 1.165) is 0 Å². The summed E-state index contributed by atoms with van der Waals surface area (Å²) in [6.45, 7) is 5.11. The van der Waals surface area contributed by atoms with E-state index in [-0.39, 0.29) is 28.4 Å². The number of furan rings is 1. The van der Waals surface area contributed by atoms with Crippen LogP contribution < -0.4 is 5.32 Å². The highest BCUT2D eigenvalue weighted by Crippen LogP contribution is 2.42. The average molecular weight is 426 g/mol. The fourth-order valence-electron chi connectivity index (χ4n) is 3.81. The maximum absolute atomic E-state index is 12.6. The van der Waals surface area contributed by atoms with Crippen molar-refractivity contribution in [3.8, 4) is 11.3 Å². The molecule has 9 nitrogen and oxygen atoms in total. The first-order chi connectivity index (χ1) is 14.7. The van der Waals surface area contributed by atoms with Crippen molar-refractivity contribution >= 4 is 17.6 Å². The number of allylic oxidation sites excluding steroid dienone is 2. The number of carbonyl (C=O) groups is 2. The van der Waals surface area contributed by atoms with Gasteiger partial charge in [-0.1, -0.05) is 12.1 Å². The number of nitro benzene ring substituents is 1. The van der Waals surface area contributed by atoms with Gasteiger partial charge >= 0.3 is 11.9 Å². The summed E-state index contributed by atoms with van der Waals surface area (Å²) in [5.41, 5.74) is 2.26. The molecule has 162 valence electrons. The summed E-state index contributed by atoms with van der Waals surface area (Å²) in [4.78, 5) is 36.2. The van der Waals surface area contributed by atoms with Gasteiger partial charge in [0.15, 0.2) is 0 Å². The topological polar surface area (TPSA) is 121 Å². The highest BCUT2D eigenvalue weighted by atomic mass is 16.6. The van der Waals surface area contributed by atoms with Crippen molar-refractivity contribution in [1.82, 2.24) is 5.32 Å². The fourth-order valence-corrected chi connectivity index (χ4v) is 3.81.